The number of thiocarbonyl (C=S) groups is 1. The molecular weight excluding hydrogens is 230 g/mol. The Bertz CT molecular complexity index is 366. The number of nitrogens with two attached hydrogens (primary N) is 1. The molecule has 3 nitrogen and oxygen atoms in total. The molecule has 1 aliphatic rings. The Kier molecular flexibility index (Phi) is 4.34. The van der Waals surface area contributed by atoms with Gasteiger partial charge in [-0.05, 0) is 36.7 Å². The first-order chi connectivity index (χ1) is 8.24. The van der Waals surface area contributed by atoms with Crippen LogP contribution in [0, 0.1) is 5.92 Å². The van der Waals surface area contributed by atoms with Gasteiger partial charge in [0.1, 0.15) is 0 Å². The second-order valence-electron chi connectivity index (χ2n) is 4.62. The fourth-order valence-electron chi connectivity index (χ4n) is 2.31. The second-order valence-corrected chi connectivity index (χ2v) is 5.06. The number of hydrogen-bond donors (Lipinski definition) is 2. The lowest BCUT2D eigenvalue weighted by atomic mass is 10.1. The van der Waals surface area contributed by atoms with Crippen LogP contribution in [0.4, 0.5) is 0 Å². The number of nitrogens with zero attached hydrogens (tertiary/aromatic N) is 1. The summed E-state index contributed by atoms with van der Waals surface area (Å²) < 4.78 is 0. The highest BCUT2D eigenvalue weighted by Gasteiger charge is 2.21. The number of nitrogens with one attached hydrogen (secondary N) is 1. The van der Waals surface area contributed by atoms with Crippen LogP contribution >= 0.6 is 12.2 Å². The minimum absolute atomic E-state index is 0.409. The van der Waals surface area contributed by atoms with Gasteiger partial charge in [0.25, 0.3) is 0 Å². The van der Waals surface area contributed by atoms with E-state index in [1.165, 1.54) is 18.5 Å². The molecule has 4 heteroatoms. The average Bonchev–Trinajstić information content (AvgIpc) is 2.75. The zero-order valence-corrected chi connectivity index (χ0v) is 10.7. The first kappa shape index (κ1) is 12.3. The summed E-state index contributed by atoms with van der Waals surface area (Å²) in [5.41, 5.74) is 6.82. The monoisotopic (exact) mass is 249 g/mol. The normalized spacial score (nSPS) is 20.4. The Morgan fingerprint density at radius 2 is 2.18 bits per heavy atom. The van der Waals surface area contributed by atoms with Crippen molar-refractivity contribution in [3.05, 3.63) is 35.9 Å². The Hall–Kier alpha value is -1.13. The summed E-state index contributed by atoms with van der Waals surface area (Å²) in [5.74, 6) is 0.667. The number of rotatable bonds is 4. The van der Waals surface area contributed by atoms with Gasteiger partial charge in [0.05, 0.1) is 0 Å². The van der Waals surface area contributed by atoms with Crippen LogP contribution in [0.15, 0.2) is 30.3 Å². The third-order valence-corrected chi connectivity index (χ3v) is 3.33. The van der Waals surface area contributed by atoms with Crippen molar-refractivity contribution < 1.29 is 0 Å². The van der Waals surface area contributed by atoms with Crippen LogP contribution in [0.1, 0.15) is 12.0 Å². The highest BCUT2D eigenvalue weighted by atomic mass is 32.1. The Balaban J connectivity index is 1.76. The van der Waals surface area contributed by atoms with Crippen molar-refractivity contribution in [2.45, 2.75) is 13.0 Å². The first-order valence-corrected chi connectivity index (χ1v) is 6.44. The number of hydrogen-bond acceptors (Lipinski definition) is 2. The lowest BCUT2D eigenvalue weighted by Gasteiger charge is -2.16. The van der Waals surface area contributed by atoms with Crippen LogP contribution in [-0.2, 0) is 6.54 Å². The molecule has 1 fully saturated rings. The van der Waals surface area contributed by atoms with Gasteiger partial charge < -0.3 is 11.1 Å². The predicted octanol–water partition coefficient (Wildman–Crippen LogP) is 1.34. The topological polar surface area (TPSA) is 41.3 Å². The lowest BCUT2D eigenvalue weighted by molar-refractivity contribution is 0.316. The van der Waals surface area contributed by atoms with E-state index in [1.807, 2.05) is 0 Å². The minimum atomic E-state index is 0.409. The molecule has 1 saturated heterocycles. The van der Waals surface area contributed by atoms with Crippen molar-refractivity contribution in [1.29, 1.82) is 0 Å². The van der Waals surface area contributed by atoms with Crippen LogP contribution in [-0.4, -0.2) is 29.6 Å². The van der Waals surface area contributed by atoms with E-state index in [2.05, 4.69) is 40.5 Å². The van der Waals surface area contributed by atoms with Crippen LogP contribution in [0.5, 0.6) is 0 Å². The Morgan fingerprint density at radius 3 is 2.88 bits per heavy atom. The summed E-state index contributed by atoms with van der Waals surface area (Å²) in [6.45, 7) is 4.24. The molecular formula is C13H19N3S. The molecule has 1 heterocycles. The van der Waals surface area contributed by atoms with Crippen molar-refractivity contribution in [1.82, 2.24) is 10.2 Å². The molecule has 1 unspecified atom stereocenters. The molecule has 0 saturated carbocycles. The summed E-state index contributed by atoms with van der Waals surface area (Å²) in [7, 11) is 0. The Morgan fingerprint density at radius 1 is 1.41 bits per heavy atom. The molecule has 17 heavy (non-hydrogen) atoms. The van der Waals surface area contributed by atoms with E-state index in [0.717, 1.165) is 19.6 Å². The summed E-state index contributed by atoms with van der Waals surface area (Å²) in [6.07, 6.45) is 1.22. The molecule has 0 radical (unpaired) electrons. The van der Waals surface area contributed by atoms with Gasteiger partial charge in [0.2, 0.25) is 0 Å². The van der Waals surface area contributed by atoms with Crippen molar-refractivity contribution in [2.75, 3.05) is 19.6 Å². The van der Waals surface area contributed by atoms with Gasteiger partial charge in [-0.1, -0.05) is 30.3 Å². The second kappa shape index (κ2) is 5.98. The lowest BCUT2D eigenvalue weighted by Crippen LogP contribution is -2.34. The van der Waals surface area contributed by atoms with Crippen molar-refractivity contribution in [3.8, 4) is 0 Å². The largest absolute Gasteiger partial charge is 0.376 e. The van der Waals surface area contributed by atoms with Crippen LogP contribution in [0.2, 0.25) is 0 Å². The van der Waals surface area contributed by atoms with Gasteiger partial charge in [0.15, 0.2) is 5.11 Å². The van der Waals surface area contributed by atoms with Gasteiger partial charge in [-0.2, -0.15) is 0 Å². The highest BCUT2D eigenvalue weighted by Crippen LogP contribution is 2.17. The highest BCUT2D eigenvalue weighted by molar-refractivity contribution is 7.80. The fraction of sp³-hybridized carbons (Fsp3) is 0.462. The van der Waals surface area contributed by atoms with E-state index in [-0.39, 0.29) is 0 Å². The van der Waals surface area contributed by atoms with Gasteiger partial charge in [-0.3, -0.25) is 4.90 Å². The molecule has 0 spiro atoms. The van der Waals surface area contributed by atoms with E-state index in [0.29, 0.717) is 11.0 Å². The van der Waals surface area contributed by atoms with Gasteiger partial charge in [-0.25, -0.2) is 0 Å². The molecule has 1 aromatic carbocycles. The predicted molar refractivity (Wildman–Crippen MR) is 74.6 cm³/mol. The van der Waals surface area contributed by atoms with Crippen molar-refractivity contribution >= 4 is 17.3 Å². The SMILES string of the molecule is NC(=S)NCC1CCN(Cc2ccccc2)C1. The summed E-state index contributed by atoms with van der Waals surface area (Å²) >= 11 is 4.82. The maximum Gasteiger partial charge on any atom is 0.163 e. The summed E-state index contributed by atoms with van der Waals surface area (Å²) in [4.78, 5) is 2.49. The Labute approximate surface area is 108 Å². The third kappa shape index (κ3) is 3.98. The van der Waals surface area contributed by atoms with E-state index in [9.17, 15) is 0 Å². The number of benzene rings is 1. The maximum atomic E-state index is 5.44. The van der Waals surface area contributed by atoms with Crippen LogP contribution in [0.3, 0.4) is 0 Å². The quantitative estimate of drug-likeness (QED) is 0.790. The van der Waals surface area contributed by atoms with Crippen molar-refractivity contribution in [3.63, 3.8) is 0 Å². The first-order valence-electron chi connectivity index (χ1n) is 6.03. The fourth-order valence-corrected chi connectivity index (χ4v) is 2.39. The molecule has 0 bridgehead atoms. The van der Waals surface area contributed by atoms with Crippen LogP contribution in [0.25, 0.3) is 0 Å². The smallest absolute Gasteiger partial charge is 0.163 e. The van der Waals surface area contributed by atoms with E-state index >= 15 is 0 Å². The molecule has 92 valence electrons. The van der Waals surface area contributed by atoms with Gasteiger partial charge >= 0.3 is 0 Å². The molecule has 0 aromatic heterocycles. The summed E-state index contributed by atoms with van der Waals surface area (Å²) in [6, 6.07) is 10.6. The zero-order valence-electron chi connectivity index (χ0n) is 9.93. The molecule has 1 aliphatic heterocycles. The molecule has 1 atom stereocenters. The molecule has 1 aromatic rings. The van der Waals surface area contributed by atoms with Gasteiger partial charge in [-0.15, -0.1) is 0 Å². The standard InChI is InChI=1S/C13H19N3S/c14-13(17)15-8-12-6-7-16(10-12)9-11-4-2-1-3-5-11/h1-5,12H,6-10H2,(H3,14,15,17). The maximum absolute atomic E-state index is 5.44. The van der Waals surface area contributed by atoms with E-state index in [4.69, 9.17) is 18.0 Å². The molecule has 2 rings (SSSR count). The summed E-state index contributed by atoms with van der Waals surface area (Å²) in [5, 5.41) is 3.46. The van der Waals surface area contributed by atoms with Gasteiger partial charge in [0, 0.05) is 19.6 Å². The molecule has 0 aliphatic carbocycles. The average molecular weight is 249 g/mol. The number of likely N-dealkylation sites (tertiary alicyclic amines) is 1. The zero-order chi connectivity index (χ0) is 12.1. The molecule has 3 N–H and O–H groups in total. The third-order valence-electron chi connectivity index (χ3n) is 3.18. The van der Waals surface area contributed by atoms with Crippen LogP contribution < -0.4 is 11.1 Å². The van der Waals surface area contributed by atoms with Crippen molar-refractivity contribution in [2.24, 2.45) is 11.7 Å². The van der Waals surface area contributed by atoms with E-state index in [1.54, 1.807) is 0 Å². The molecule has 0 amide bonds. The minimum Gasteiger partial charge on any atom is -0.376 e. The van der Waals surface area contributed by atoms with E-state index < -0.39 is 0 Å².